The van der Waals surface area contributed by atoms with Crippen LogP contribution in [0.1, 0.15) is 20.8 Å². The molecule has 0 saturated heterocycles. The molecule has 0 aliphatic carbocycles. The summed E-state index contributed by atoms with van der Waals surface area (Å²) in [5, 5.41) is 6.88. The van der Waals surface area contributed by atoms with E-state index in [0.29, 0.717) is 11.7 Å². The molecule has 104 valence electrons. The van der Waals surface area contributed by atoms with E-state index in [4.69, 9.17) is 12.2 Å². The Bertz CT molecular complexity index is 422. The summed E-state index contributed by atoms with van der Waals surface area (Å²) in [4.78, 5) is 2.31. The van der Waals surface area contributed by atoms with Crippen LogP contribution in [0.15, 0.2) is 36.4 Å². The first-order chi connectivity index (χ1) is 9.06. The molecule has 0 aliphatic rings. The lowest BCUT2D eigenvalue weighted by Gasteiger charge is -2.21. The topological polar surface area (TPSA) is 27.3 Å². The second-order valence-corrected chi connectivity index (χ2v) is 4.89. The van der Waals surface area contributed by atoms with Crippen molar-refractivity contribution in [2.45, 2.75) is 20.8 Å². The standard InChI is InChI=1S/C15H23N3S/c1-5-18(6-2)14-9-7-13(8-10-14)17-15(19)16-11-12(3)4/h7-10H,3,5-6,11H2,1-2,4H3,(H2,16,17,19). The molecule has 0 bridgehead atoms. The molecule has 0 atom stereocenters. The number of hydrogen-bond acceptors (Lipinski definition) is 2. The fraction of sp³-hybridized carbons (Fsp3) is 0.400. The van der Waals surface area contributed by atoms with Crippen LogP contribution in [0.5, 0.6) is 0 Å². The molecule has 0 saturated carbocycles. The summed E-state index contributed by atoms with van der Waals surface area (Å²) >= 11 is 5.21. The molecule has 3 nitrogen and oxygen atoms in total. The fourth-order valence-corrected chi connectivity index (χ4v) is 1.94. The number of nitrogens with one attached hydrogen (secondary N) is 2. The molecule has 2 N–H and O–H groups in total. The summed E-state index contributed by atoms with van der Waals surface area (Å²) in [6, 6.07) is 8.30. The minimum Gasteiger partial charge on any atom is -0.372 e. The number of nitrogens with zero attached hydrogens (tertiary/aromatic N) is 1. The van der Waals surface area contributed by atoms with Gasteiger partial charge in [0.25, 0.3) is 0 Å². The molecule has 0 aromatic heterocycles. The number of anilines is 2. The van der Waals surface area contributed by atoms with Crippen molar-refractivity contribution in [1.29, 1.82) is 0 Å². The van der Waals surface area contributed by atoms with Crippen molar-refractivity contribution in [3.63, 3.8) is 0 Å². The first kappa shape index (κ1) is 15.5. The van der Waals surface area contributed by atoms with E-state index in [2.05, 4.69) is 48.1 Å². The molecule has 0 aliphatic heterocycles. The molecule has 0 fully saturated rings. The molecule has 0 unspecified atom stereocenters. The third-order valence-electron chi connectivity index (χ3n) is 2.80. The molecule has 0 spiro atoms. The highest BCUT2D eigenvalue weighted by atomic mass is 32.1. The normalized spacial score (nSPS) is 9.84. The minimum atomic E-state index is 0.624. The number of benzene rings is 1. The van der Waals surface area contributed by atoms with Crippen LogP contribution in [-0.2, 0) is 0 Å². The first-order valence-corrected chi connectivity index (χ1v) is 7.01. The van der Waals surface area contributed by atoms with Crippen molar-refractivity contribution in [2.75, 3.05) is 29.9 Å². The molecule has 0 amide bonds. The predicted octanol–water partition coefficient (Wildman–Crippen LogP) is 3.40. The quantitative estimate of drug-likeness (QED) is 0.615. The average molecular weight is 277 g/mol. The Labute approximate surface area is 121 Å². The van der Waals surface area contributed by atoms with E-state index in [-0.39, 0.29) is 0 Å². The summed E-state index contributed by atoms with van der Waals surface area (Å²) in [7, 11) is 0. The molecular formula is C15H23N3S. The van der Waals surface area contributed by atoms with Gasteiger partial charge in [0, 0.05) is 31.0 Å². The SMILES string of the molecule is C=C(C)CNC(=S)Nc1ccc(N(CC)CC)cc1. The zero-order valence-corrected chi connectivity index (χ0v) is 12.8. The van der Waals surface area contributed by atoms with Crippen LogP contribution in [-0.4, -0.2) is 24.7 Å². The van der Waals surface area contributed by atoms with E-state index < -0.39 is 0 Å². The monoisotopic (exact) mass is 277 g/mol. The number of rotatable bonds is 6. The van der Waals surface area contributed by atoms with Gasteiger partial charge in [0.05, 0.1) is 0 Å². The number of thiocarbonyl (C=S) groups is 1. The Morgan fingerprint density at radius 3 is 2.26 bits per heavy atom. The van der Waals surface area contributed by atoms with Crippen molar-refractivity contribution >= 4 is 28.7 Å². The predicted molar refractivity (Wildman–Crippen MR) is 89.0 cm³/mol. The van der Waals surface area contributed by atoms with Crippen LogP contribution in [0, 0.1) is 0 Å². The zero-order valence-electron chi connectivity index (χ0n) is 12.0. The van der Waals surface area contributed by atoms with Crippen molar-refractivity contribution in [2.24, 2.45) is 0 Å². The lowest BCUT2D eigenvalue weighted by Crippen LogP contribution is -2.29. The van der Waals surface area contributed by atoms with Gasteiger partial charge in [0.15, 0.2) is 5.11 Å². The molecule has 19 heavy (non-hydrogen) atoms. The highest BCUT2D eigenvalue weighted by Crippen LogP contribution is 2.17. The van der Waals surface area contributed by atoms with Gasteiger partial charge in [0.1, 0.15) is 0 Å². The molecule has 1 rings (SSSR count). The van der Waals surface area contributed by atoms with Crippen LogP contribution in [0.4, 0.5) is 11.4 Å². The Kier molecular flexibility index (Phi) is 6.36. The van der Waals surface area contributed by atoms with Gasteiger partial charge >= 0.3 is 0 Å². The lowest BCUT2D eigenvalue weighted by molar-refractivity contribution is 0.866. The largest absolute Gasteiger partial charge is 0.372 e. The van der Waals surface area contributed by atoms with Crippen LogP contribution < -0.4 is 15.5 Å². The van der Waals surface area contributed by atoms with E-state index in [9.17, 15) is 0 Å². The zero-order chi connectivity index (χ0) is 14.3. The molecule has 1 aromatic rings. The second-order valence-electron chi connectivity index (χ2n) is 4.48. The minimum absolute atomic E-state index is 0.624. The molecule has 1 aromatic carbocycles. The van der Waals surface area contributed by atoms with Gasteiger partial charge in [-0.05, 0) is 57.3 Å². The maximum atomic E-state index is 5.21. The maximum Gasteiger partial charge on any atom is 0.171 e. The van der Waals surface area contributed by atoms with Crippen molar-refractivity contribution in [3.8, 4) is 0 Å². The number of hydrogen-bond donors (Lipinski definition) is 2. The summed E-state index contributed by atoms with van der Waals surface area (Å²) in [5.74, 6) is 0. The summed E-state index contributed by atoms with van der Waals surface area (Å²) in [5.41, 5.74) is 3.28. The van der Waals surface area contributed by atoms with E-state index in [1.807, 2.05) is 19.1 Å². The van der Waals surface area contributed by atoms with Gasteiger partial charge in [0.2, 0.25) is 0 Å². The van der Waals surface area contributed by atoms with Gasteiger partial charge < -0.3 is 15.5 Å². The van der Waals surface area contributed by atoms with E-state index >= 15 is 0 Å². The van der Waals surface area contributed by atoms with Gasteiger partial charge in [-0.15, -0.1) is 0 Å². The Balaban J connectivity index is 2.56. The van der Waals surface area contributed by atoms with Crippen LogP contribution >= 0.6 is 12.2 Å². The van der Waals surface area contributed by atoms with Crippen molar-refractivity contribution in [3.05, 3.63) is 36.4 Å². The van der Waals surface area contributed by atoms with Crippen LogP contribution in [0.3, 0.4) is 0 Å². The van der Waals surface area contributed by atoms with Gasteiger partial charge in [-0.25, -0.2) is 0 Å². The van der Waals surface area contributed by atoms with E-state index in [0.717, 1.165) is 24.4 Å². The second kappa shape index (κ2) is 7.79. The average Bonchev–Trinajstić information content (AvgIpc) is 2.40. The Hall–Kier alpha value is -1.55. The Morgan fingerprint density at radius 1 is 1.21 bits per heavy atom. The maximum absolute atomic E-state index is 5.21. The third-order valence-corrected chi connectivity index (χ3v) is 3.05. The highest BCUT2D eigenvalue weighted by molar-refractivity contribution is 7.80. The Morgan fingerprint density at radius 2 is 1.79 bits per heavy atom. The van der Waals surface area contributed by atoms with Gasteiger partial charge in [-0.3, -0.25) is 0 Å². The van der Waals surface area contributed by atoms with Crippen LogP contribution in [0.2, 0.25) is 0 Å². The van der Waals surface area contributed by atoms with Crippen LogP contribution in [0.25, 0.3) is 0 Å². The first-order valence-electron chi connectivity index (χ1n) is 6.61. The van der Waals surface area contributed by atoms with E-state index in [1.165, 1.54) is 5.69 Å². The molecular weight excluding hydrogens is 254 g/mol. The summed E-state index contributed by atoms with van der Waals surface area (Å²) < 4.78 is 0. The van der Waals surface area contributed by atoms with E-state index in [1.54, 1.807) is 0 Å². The smallest absolute Gasteiger partial charge is 0.171 e. The fourth-order valence-electron chi connectivity index (χ4n) is 1.75. The molecule has 4 heteroatoms. The summed E-state index contributed by atoms with van der Waals surface area (Å²) in [6.07, 6.45) is 0. The van der Waals surface area contributed by atoms with Crippen molar-refractivity contribution in [1.82, 2.24) is 5.32 Å². The van der Waals surface area contributed by atoms with Gasteiger partial charge in [-0.2, -0.15) is 0 Å². The molecule has 0 radical (unpaired) electrons. The molecule has 0 heterocycles. The van der Waals surface area contributed by atoms with Gasteiger partial charge in [-0.1, -0.05) is 12.2 Å². The third kappa shape index (κ3) is 5.30. The highest BCUT2D eigenvalue weighted by Gasteiger charge is 2.02. The van der Waals surface area contributed by atoms with Crippen molar-refractivity contribution < 1.29 is 0 Å². The summed E-state index contributed by atoms with van der Waals surface area (Å²) in [6.45, 7) is 12.8. The lowest BCUT2D eigenvalue weighted by atomic mass is 10.2.